The Hall–Kier alpha value is -3.80. The SMILES string of the molecule is CC1(C)N=C(c2ccc3ccc4cc(C5=NC(C)(C)C(C)(C)[N+]5=O)cc(ccc2c3C(F)(F)F)c4C(F)(F)F)N([O-])C1(C)C. The summed E-state index contributed by atoms with van der Waals surface area (Å²) in [6.07, 6.45) is -9.83. The van der Waals surface area contributed by atoms with Crippen LogP contribution in [0.2, 0.25) is 0 Å². The summed E-state index contributed by atoms with van der Waals surface area (Å²) in [6.45, 7) is 13.4. The van der Waals surface area contributed by atoms with Gasteiger partial charge in [0.25, 0.3) is 0 Å². The lowest BCUT2D eigenvalue weighted by molar-refractivity contribution is -0.514. The van der Waals surface area contributed by atoms with Gasteiger partial charge in [-0.1, -0.05) is 46.3 Å². The van der Waals surface area contributed by atoms with E-state index in [0.29, 0.717) is 9.82 Å². The Morgan fingerprint density at radius 3 is 1.66 bits per heavy atom. The maximum Gasteiger partial charge on any atom is 0.417 e. The molecule has 44 heavy (non-hydrogen) atoms. The molecule has 234 valence electrons. The van der Waals surface area contributed by atoms with Crippen molar-refractivity contribution >= 4 is 33.2 Å². The largest absolute Gasteiger partial charge is 0.757 e. The topological polar surface area (TPSA) is 71.1 Å². The number of rotatable bonds is 2. The Labute approximate surface area is 250 Å². The quantitative estimate of drug-likeness (QED) is 0.213. The van der Waals surface area contributed by atoms with Gasteiger partial charge in [0.05, 0.1) is 22.2 Å². The molecule has 0 radical (unpaired) electrons. The molecule has 0 atom stereocenters. The minimum Gasteiger partial charge on any atom is -0.757 e. The molecule has 0 saturated carbocycles. The molecule has 2 aliphatic heterocycles. The van der Waals surface area contributed by atoms with Crippen molar-refractivity contribution in [1.29, 1.82) is 0 Å². The van der Waals surface area contributed by atoms with Crippen LogP contribution in [0.1, 0.15) is 77.6 Å². The molecule has 0 fully saturated rings. The van der Waals surface area contributed by atoms with Crippen LogP contribution in [0, 0.1) is 10.1 Å². The van der Waals surface area contributed by atoms with E-state index in [9.17, 15) is 36.5 Å². The van der Waals surface area contributed by atoms with Crippen LogP contribution in [0.25, 0.3) is 21.5 Å². The highest BCUT2D eigenvalue weighted by molar-refractivity contribution is 6.09. The zero-order valence-electron chi connectivity index (χ0n) is 25.5. The Morgan fingerprint density at radius 1 is 0.705 bits per heavy atom. The molecule has 12 heteroatoms. The van der Waals surface area contributed by atoms with E-state index in [1.54, 1.807) is 55.4 Å². The van der Waals surface area contributed by atoms with Gasteiger partial charge in [-0.2, -0.15) is 26.3 Å². The number of alkyl halides is 6. The average molecular weight is 619 g/mol. The van der Waals surface area contributed by atoms with E-state index in [1.807, 2.05) is 0 Å². The highest BCUT2D eigenvalue weighted by atomic mass is 19.4. The van der Waals surface area contributed by atoms with Gasteiger partial charge in [-0.25, -0.2) is 0 Å². The molecule has 6 nitrogen and oxygen atoms in total. The molecule has 0 N–H and O–H groups in total. The first-order chi connectivity index (χ1) is 19.9. The zero-order chi connectivity index (χ0) is 33.0. The monoisotopic (exact) mass is 618 g/mol. The molecule has 0 spiro atoms. The van der Waals surface area contributed by atoms with Crippen molar-refractivity contribution in [3.63, 3.8) is 0 Å². The molecule has 0 unspecified atom stereocenters. The zero-order valence-corrected chi connectivity index (χ0v) is 25.5. The van der Waals surface area contributed by atoms with Crippen LogP contribution in [-0.2, 0) is 12.4 Å². The van der Waals surface area contributed by atoms with Crippen LogP contribution in [0.15, 0.2) is 58.5 Å². The highest BCUT2D eigenvalue weighted by Crippen LogP contribution is 2.44. The summed E-state index contributed by atoms with van der Waals surface area (Å²) in [7, 11) is 0. The average Bonchev–Trinajstić information content (AvgIpc) is 3.15. The summed E-state index contributed by atoms with van der Waals surface area (Å²) in [4.78, 5) is 22.3. The van der Waals surface area contributed by atoms with Gasteiger partial charge in [0, 0.05) is 11.1 Å². The van der Waals surface area contributed by atoms with Crippen molar-refractivity contribution < 1.29 is 31.1 Å². The normalized spacial score (nSPS) is 20.7. The minimum atomic E-state index is -4.93. The second-order valence-corrected chi connectivity index (χ2v) is 13.4. The van der Waals surface area contributed by atoms with Crippen molar-refractivity contribution in [2.24, 2.45) is 9.98 Å². The fourth-order valence-corrected chi connectivity index (χ4v) is 5.49. The van der Waals surface area contributed by atoms with Gasteiger partial charge in [0.1, 0.15) is 5.84 Å². The molecular weight excluding hydrogens is 586 g/mol. The second kappa shape index (κ2) is 9.35. The number of amidine groups is 2. The molecule has 2 heterocycles. The van der Waals surface area contributed by atoms with Crippen LogP contribution in [0.3, 0.4) is 0 Å². The number of nitrogens with zero attached hydrogens (tertiary/aromatic N) is 4. The van der Waals surface area contributed by atoms with Gasteiger partial charge in [0.2, 0.25) is 0 Å². The molecule has 0 amide bonds. The van der Waals surface area contributed by atoms with Crippen LogP contribution >= 0.6 is 0 Å². The first-order valence-corrected chi connectivity index (χ1v) is 13.9. The van der Waals surface area contributed by atoms with Crippen molar-refractivity contribution in [1.82, 2.24) is 5.06 Å². The third-order valence-electron chi connectivity index (χ3n) is 9.58. The first kappa shape index (κ1) is 31.6. The number of aliphatic imine (C=N–C) groups is 2. The fourth-order valence-electron chi connectivity index (χ4n) is 5.49. The molecule has 2 aliphatic rings. The molecular formula is C32H32F6N4O2. The van der Waals surface area contributed by atoms with Gasteiger partial charge in [-0.05, 0) is 93.8 Å². The van der Waals surface area contributed by atoms with Crippen molar-refractivity contribution in [3.8, 4) is 0 Å². The summed E-state index contributed by atoms with van der Waals surface area (Å²) in [5, 5.41) is 12.1. The maximum absolute atomic E-state index is 14.7. The van der Waals surface area contributed by atoms with E-state index in [2.05, 4.69) is 9.98 Å². The third kappa shape index (κ3) is 4.60. The van der Waals surface area contributed by atoms with E-state index < -0.39 is 67.2 Å². The Kier molecular flexibility index (Phi) is 6.72. The van der Waals surface area contributed by atoms with Crippen molar-refractivity contribution in [3.05, 3.63) is 80.9 Å². The number of benzene rings is 2. The lowest BCUT2D eigenvalue weighted by Crippen LogP contribution is -2.50. The predicted molar refractivity (Wildman–Crippen MR) is 158 cm³/mol. The van der Waals surface area contributed by atoms with Crippen LogP contribution in [0.4, 0.5) is 26.3 Å². The molecule has 0 aromatic heterocycles. The fraction of sp³-hybridized carbons (Fsp3) is 0.438. The minimum absolute atomic E-state index is 0.0841. The van der Waals surface area contributed by atoms with E-state index in [1.165, 1.54) is 6.07 Å². The van der Waals surface area contributed by atoms with Crippen LogP contribution in [-0.4, -0.2) is 43.7 Å². The molecule has 3 aromatic rings. The van der Waals surface area contributed by atoms with Crippen LogP contribution in [0.5, 0.6) is 0 Å². The summed E-state index contributed by atoms with van der Waals surface area (Å²) < 4.78 is 88.4. The summed E-state index contributed by atoms with van der Waals surface area (Å²) in [6, 6.07) is 8.47. The molecule has 0 aliphatic carbocycles. The van der Waals surface area contributed by atoms with E-state index in [4.69, 9.17) is 0 Å². The number of nitroso groups, excluding NO2 is 1. The van der Waals surface area contributed by atoms with E-state index in [-0.39, 0.29) is 22.8 Å². The lowest BCUT2D eigenvalue weighted by atomic mass is 9.84. The number of halogens is 6. The third-order valence-corrected chi connectivity index (χ3v) is 9.58. The summed E-state index contributed by atoms with van der Waals surface area (Å²) >= 11 is 0. The predicted octanol–water partition coefficient (Wildman–Crippen LogP) is 8.81. The summed E-state index contributed by atoms with van der Waals surface area (Å²) in [5.41, 5.74) is -6.29. The summed E-state index contributed by atoms with van der Waals surface area (Å²) in [5.74, 6) is -0.341. The van der Waals surface area contributed by atoms with Gasteiger partial charge >= 0.3 is 18.2 Å². The van der Waals surface area contributed by atoms with Crippen LogP contribution < -0.4 is 0 Å². The first-order valence-electron chi connectivity index (χ1n) is 13.9. The lowest BCUT2D eigenvalue weighted by Gasteiger charge is -2.46. The van der Waals surface area contributed by atoms with Gasteiger partial charge < -0.3 is 10.3 Å². The van der Waals surface area contributed by atoms with Gasteiger partial charge in [0.15, 0.2) is 11.1 Å². The molecule has 4 bridgehead atoms. The Balaban J connectivity index is 1.92. The Morgan fingerprint density at radius 2 is 1.20 bits per heavy atom. The second-order valence-electron chi connectivity index (χ2n) is 13.4. The van der Waals surface area contributed by atoms with Gasteiger partial charge in [-0.3, -0.25) is 4.99 Å². The highest BCUT2D eigenvalue weighted by Gasteiger charge is 2.59. The Bertz CT molecular complexity index is 1830. The van der Waals surface area contributed by atoms with E-state index >= 15 is 0 Å². The number of hydroxylamine groups is 2. The number of hydrogen-bond donors (Lipinski definition) is 0. The number of fused-ring (bicyclic) bond motifs is 4. The van der Waals surface area contributed by atoms with Crippen molar-refractivity contribution in [2.75, 3.05) is 0 Å². The molecule has 0 saturated heterocycles. The van der Waals surface area contributed by atoms with Crippen molar-refractivity contribution in [2.45, 2.75) is 89.9 Å². The van der Waals surface area contributed by atoms with E-state index in [0.717, 1.165) is 42.5 Å². The maximum atomic E-state index is 14.7. The molecule has 3 aromatic carbocycles. The molecule has 5 rings (SSSR count). The smallest absolute Gasteiger partial charge is 0.417 e. The number of hydrogen-bond acceptors (Lipinski definition) is 5. The standard InChI is InChI=1S/C32H32F6N4O2/c1-27(2)29(5,6)41(43)25(39-27)20-15-18-10-9-17-11-14-22(26-40-28(3,4)30(7,8)42(26)44)21(24(17)32(36,37)38)13-12-19(16-20)23(18)31(33,34)35/h9-16H,1-8H3. The van der Waals surface area contributed by atoms with Gasteiger partial charge in [-0.15, -0.1) is 0 Å².